The van der Waals surface area contributed by atoms with Crippen LogP contribution in [0.4, 0.5) is 0 Å². The summed E-state index contributed by atoms with van der Waals surface area (Å²) in [5.41, 5.74) is 0. The first-order chi connectivity index (χ1) is 15.9. The molecule has 0 heterocycles. The fourth-order valence-electron chi connectivity index (χ4n) is 4.80. The van der Waals surface area contributed by atoms with Crippen molar-refractivity contribution in [1.82, 2.24) is 0 Å². The molecule has 0 saturated heterocycles. The zero-order valence-electron chi connectivity index (χ0n) is 23.0. The van der Waals surface area contributed by atoms with E-state index in [1.807, 2.05) is 0 Å². The summed E-state index contributed by atoms with van der Waals surface area (Å²) in [4.78, 5) is 0. The van der Waals surface area contributed by atoms with E-state index >= 15 is 0 Å². The van der Waals surface area contributed by atoms with Crippen LogP contribution in [0.3, 0.4) is 0 Å². The standard InChI is InChI=1S/C32H64/c1-3-5-7-9-11-13-15-17-19-21-23-25-27-29-31-32-30-28-26-24-22-20-18-16-14-12-10-8-6-4-2/h21,23H,3-20,22,24-32H2,1-2H3/b23-21-. The van der Waals surface area contributed by atoms with Crippen molar-refractivity contribution >= 4 is 0 Å². The minimum Gasteiger partial charge on any atom is -0.0885 e. The second-order valence-electron chi connectivity index (χ2n) is 10.5. The summed E-state index contributed by atoms with van der Waals surface area (Å²) in [5, 5.41) is 0. The van der Waals surface area contributed by atoms with Gasteiger partial charge in [-0.15, -0.1) is 0 Å². The van der Waals surface area contributed by atoms with E-state index in [-0.39, 0.29) is 0 Å². The summed E-state index contributed by atoms with van der Waals surface area (Å²) < 4.78 is 0. The average Bonchev–Trinajstić information content (AvgIpc) is 2.81. The van der Waals surface area contributed by atoms with Crippen LogP contribution in [0.1, 0.15) is 194 Å². The third-order valence-corrected chi connectivity index (χ3v) is 7.12. The zero-order valence-corrected chi connectivity index (χ0v) is 23.0. The van der Waals surface area contributed by atoms with Gasteiger partial charge < -0.3 is 0 Å². The van der Waals surface area contributed by atoms with E-state index < -0.39 is 0 Å². The topological polar surface area (TPSA) is 0 Å². The van der Waals surface area contributed by atoms with E-state index in [9.17, 15) is 0 Å². The van der Waals surface area contributed by atoms with Crippen molar-refractivity contribution in [2.75, 3.05) is 0 Å². The quantitative estimate of drug-likeness (QED) is 0.0824. The monoisotopic (exact) mass is 449 g/mol. The van der Waals surface area contributed by atoms with Crippen LogP contribution in [0.5, 0.6) is 0 Å². The van der Waals surface area contributed by atoms with E-state index in [0.29, 0.717) is 0 Å². The largest absolute Gasteiger partial charge is 0.0885 e. The first-order valence-corrected chi connectivity index (χ1v) is 15.6. The first-order valence-electron chi connectivity index (χ1n) is 15.6. The molecule has 0 spiro atoms. The highest BCUT2D eigenvalue weighted by atomic mass is 14.0. The van der Waals surface area contributed by atoms with Gasteiger partial charge in [0.2, 0.25) is 0 Å². The average molecular weight is 449 g/mol. The molecular weight excluding hydrogens is 384 g/mol. The van der Waals surface area contributed by atoms with Crippen molar-refractivity contribution in [3.63, 3.8) is 0 Å². The molecule has 0 bridgehead atoms. The minimum absolute atomic E-state index is 1.31. The molecule has 0 aliphatic heterocycles. The third-order valence-electron chi connectivity index (χ3n) is 7.12. The SMILES string of the molecule is CCCCCCCCCC/C=C\CCCCCCCCCCCCCCCCCCCC. The van der Waals surface area contributed by atoms with Gasteiger partial charge in [-0.25, -0.2) is 0 Å². The van der Waals surface area contributed by atoms with Gasteiger partial charge in [0, 0.05) is 0 Å². The smallest absolute Gasteiger partial charge is 0.0351 e. The van der Waals surface area contributed by atoms with Gasteiger partial charge in [-0.3, -0.25) is 0 Å². The Bertz CT molecular complexity index is 329. The molecule has 0 fully saturated rings. The molecule has 32 heavy (non-hydrogen) atoms. The summed E-state index contributed by atoms with van der Waals surface area (Å²) in [6, 6.07) is 0. The molecule has 0 rings (SSSR count). The number of allylic oxidation sites excluding steroid dienone is 2. The zero-order chi connectivity index (χ0) is 23.2. The number of unbranched alkanes of at least 4 members (excludes halogenated alkanes) is 26. The molecule has 0 aromatic carbocycles. The molecule has 192 valence electrons. The lowest BCUT2D eigenvalue weighted by atomic mass is 10.0. The molecule has 0 aromatic heterocycles. The number of hydrogen-bond acceptors (Lipinski definition) is 0. The van der Waals surface area contributed by atoms with Crippen molar-refractivity contribution in [2.24, 2.45) is 0 Å². The second kappa shape index (κ2) is 30.7. The molecule has 0 atom stereocenters. The normalized spacial score (nSPS) is 11.7. The molecule has 0 unspecified atom stereocenters. The van der Waals surface area contributed by atoms with Crippen LogP contribution in [0.25, 0.3) is 0 Å². The van der Waals surface area contributed by atoms with E-state index in [1.165, 1.54) is 180 Å². The number of hydrogen-bond donors (Lipinski definition) is 0. The molecule has 0 saturated carbocycles. The molecule has 0 nitrogen and oxygen atoms in total. The molecule has 0 heteroatoms. The van der Waals surface area contributed by atoms with Crippen LogP contribution in [-0.2, 0) is 0 Å². The van der Waals surface area contributed by atoms with Gasteiger partial charge in [0.25, 0.3) is 0 Å². The van der Waals surface area contributed by atoms with Crippen LogP contribution in [0, 0.1) is 0 Å². The molecule has 0 amide bonds. The van der Waals surface area contributed by atoms with Crippen molar-refractivity contribution < 1.29 is 0 Å². The van der Waals surface area contributed by atoms with Crippen molar-refractivity contribution in [3.8, 4) is 0 Å². The molecular formula is C32H64. The Morgan fingerprint density at radius 1 is 0.250 bits per heavy atom. The Morgan fingerprint density at radius 3 is 0.656 bits per heavy atom. The summed E-state index contributed by atoms with van der Waals surface area (Å²) >= 11 is 0. The Morgan fingerprint density at radius 2 is 0.438 bits per heavy atom. The second-order valence-corrected chi connectivity index (χ2v) is 10.5. The maximum Gasteiger partial charge on any atom is -0.0351 e. The predicted molar refractivity (Wildman–Crippen MR) is 150 cm³/mol. The Hall–Kier alpha value is -0.260. The lowest BCUT2D eigenvalue weighted by molar-refractivity contribution is 0.525. The van der Waals surface area contributed by atoms with Gasteiger partial charge in [0.1, 0.15) is 0 Å². The maximum absolute atomic E-state index is 2.45. The van der Waals surface area contributed by atoms with Gasteiger partial charge in [-0.2, -0.15) is 0 Å². The predicted octanol–water partition coefficient (Wildman–Crippen LogP) is 12.5. The van der Waals surface area contributed by atoms with Crippen LogP contribution in [0.2, 0.25) is 0 Å². The highest BCUT2D eigenvalue weighted by Crippen LogP contribution is 2.15. The lowest BCUT2D eigenvalue weighted by Gasteiger charge is -2.03. The fourth-order valence-corrected chi connectivity index (χ4v) is 4.80. The Labute approximate surface area is 205 Å². The van der Waals surface area contributed by atoms with Gasteiger partial charge in [0.15, 0.2) is 0 Å². The van der Waals surface area contributed by atoms with E-state index in [4.69, 9.17) is 0 Å². The molecule has 0 aliphatic rings. The minimum atomic E-state index is 1.31. The van der Waals surface area contributed by atoms with Crippen LogP contribution in [0.15, 0.2) is 12.2 Å². The van der Waals surface area contributed by atoms with Crippen LogP contribution < -0.4 is 0 Å². The third kappa shape index (κ3) is 29.7. The van der Waals surface area contributed by atoms with E-state index in [2.05, 4.69) is 26.0 Å². The molecule has 0 aliphatic carbocycles. The molecule has 0 N–H and O–H groups in total. The lowest BCUT2D eigenvalue weighted by Crippen LogP contribution is -1.84. The number of rotatable bonds is 28. The Kier molecular flexibility index (Phi) is 30.5. The van der Waals surface area contributed by atoms with E-state index in [0.717, 1.165) is 0 Å². The van der Waals surface area contributed by atoms with Gasteiger partial charge in [0.05, 0.1) is 0 Å². The van der Waals surface area contributed by atoms with Crippen LogP contribution >= 0.6 is 0 Å². The summed E-state index contributed by atoms with van der Waals surface area (Å²) in [6.07, 6.45) is 45.4. The fraction of sp³-hybridized carbons (Fsp3) is 0.938. The van der Waals surface area contributed by atoms with Crippen molar-refractivity contribution in [1.29, 1.82) is 0 Å². The molecule has 0 aromatic rings. The van der Waals surface area contributed by atoms with Gasteiger partial charge >= 0.3 is 0 Å². The molecule has 0 radical (unpaired) electrons. The Balaban J connectivity index is 3.05. The van der Waals surface area contributed by atoms with Crippen molar-refractivity contribution in [3.05, 3.63) is 12.2 Å². The van der Waals surface area contributed by atoms with E-state index in [1.54, 1.807) is 0 Å². The summed E-state index contributed by atoms with van der Waals surface area (Å²) in [5.74, 6) is 0. The van der Waals surface area contributed by atoms with Gasteiger partial charge in [-0.1, -0.05) is 180 Å². The summed E-state index contributed by atoms with van der Waals surface area (Å²) in [7, 11) is 0. The van der Waals surface area contributed by atoms with Crippen molar-refractivity contribution in [2.45, 2.75) is 194 Å². The van der Waals surface area contributed by atoms with Gasteiger partial charge in [-0.05, 0) is 25.7 Å². The highest BCUT2D eigenvalue weighted by molar-refractivity contribution is 4.81. The highest BCUT2D eigenvalue weighted by Gasteiger charge is 1.95. The summed E-state index contributed by atoms with van der Waals surface area (Å²) in [6.45, 7) is 4.60. The van der Waals surface area contributed by atoms with Crippen LogP contribution in [-0.4, -0.2) is 0 Å². The maximum atomic E-state index is 2.45. The first kappa shape index (κ1) is 31.7.